The van der Waals surface area contributed by atoms with Gasteiger partial charge >= 0.3 is 0 Å². The number of rotatable bonds is 7. The first-order valence-electron chi connectivity index (χ1n) is 9.46. The van der Waals surface area contributed by atoms with Gasteiger partial charge < -0.3 is 20.3 Å². The highest BCUT2D eigenvalue weighted by Crippen LogP contribution is 2.17. The minimum atomic E-state index is 0.619. The minimum absolute atomic E-state index is 0.619. The Balaban J connectivity index is 1.64. The molecule has 1 saturated heterocycles. The molecular formula is C20H34N4O. The molecule has 2 N–H and O–H groups in total. The Kier molecular flexibility index (Phi) is 8.06. The second kappa shape index (κ2) is 10.3. The molecule has 1 aliphatic heterocycles. The first kappa shape index (κ1) is 19.6. The van der Waals surface area contributed by atoms with Crippen molar-refractivity contribution in [3.63, 3.8) is 0 Å². The highest BCUT2D eigenvalue weighted by molar-refractivity contribution is 5.79. The molecule has 1 aliphatic rings. The number of piperidine rings is 1. The van der Waals surface area contributed by atoms with Gasteiger partial charge in [0.05, 0.1) is 6.54 Å². The van der Waals surface area contributed by atoms with E-state index in [0.29, 0.717) is 18.6 Å². The Morgan fingerprint density at radius 3 is 2.72 bits per heavy atom. The largest absolute Gasteiger partial charge is 0.492 e. The normalized spacial score (nSPS) is 19.1. The van der Waals surface area contributed by atoms with E-state index in [9.17, 15) is 0 Å². The summed E-state index contributed by atoms with van der Waals surface area (Å²) in [6.45, 7) is 11.4. The van der Waals surface area contributed by atoms with Crippen molar-refractivity contribution in [2.75, 3.05) is 39.8 Å². The number of ether oxygens (including phenoxy) is 1. The van der Waals surface area contributed by atoms with Crippen molar-refractivity contribution in [3.05, 3.63) is 29.8 Å². The molecule has 0 bridgehead atoms. The fraction of sp³-hybridized carbons (Fsp3) is 0.650. The third kappa shape index (κ3) is 6.94. The van der Waals surface area contributed by atoms with Crippen molar-refractivity contribution in [1.82, 2.24) is 15.5 Å². The number of aryl methyl sites for hydroxylation is 1. The summed E-state index contributed by atoms with van der Waals surface area (Å²) >= 11 is 0. The van der Waals surface area contributed by atoms with Crippen LogP contribution in [0.4, 0.5) is 0 Å². The third-order valence-electron chi connectivity index (χ3n) is 4.75. The topological polar surface area (TPSA) is 48.9 Å². The zero-order valence-electron chi connectivity index (χ0n) is 16.2. The van der Waals surface area contributed by atoms with E-state index >= 15 is 0 Å². The SMILES string of the molecule is CN=C(NCCOc1ccc(C)cc1)NCC1CCCN(C(C)C)C1. The molecule has 1 heterocycles. The van der Waals surface area contributed by atoms with Crippen LogP contribution in [-0.2, 0) is 0 Å². The molecule has 0 aromatic heterocycles. The van der Waals surface area contributed by atoms with Crippen LogP contribution in [0.3, 0.4) is 0 Å². The van der Waals surface area contributed by atoms with E-state index in [-0.39, 0.29) is 0 Å². The highest BCUT2D eigenvalue weighted by Gasteiger charge is 2.21. The molecule has 1 fully saturated rings. The van der Waals surface area contributed by atoms with E-state index in [2.05, 4.69) is 53.4 Å². The number of hydrogen-bond acceptors (Lipinski definition) is 3. The molecule has 1 atom stereocenters. The zero-order chi connectivity index (χ0) is 18.1. The molecule has 2 rings (SSSR count). The molecule has 0 spiro atoms. The van der Waals surface area contributed by atoms with E-state index in [1.165, 1.54) is 31.5 Å². The summed E-state index contributed by atoms with van der Waals surface area (Å²) in [7, 11) is 1.82. The number of nitrogens with zero attached hydrogens (tertiary/aromatic N) is 2. The molecule has 5 heteroatoms. The molecule has 0 amide bonds. The fourth-order valence-electron chi connectivity index (χ4n) is 3.17. The summed E-state index contributed by atoms with van der Waals surface area (Å²) in [5, 5.41) is 6.79. The Labute approximate surface area is 152 Å². The Morgan fingerprint density at radius 2 is 2.04 bits per heavy atom. The standard InChI is InChI=1S/C20H34N4O/c1-16(2)24-12-5-6-18(15-24)14-23-20(21-4)22-11-13-25-19-9-7-17(3)8-10-19/h7-10,16,18H,5-6,11-15H2,1-4H3,(H2,21,22,23). The van der Waals surface area contributed by atoms with Crippen molar-refractivity contribution < 1.29 is 4.74 Å². The fourth-order valence-corrected chi connectivity index (χ4v) is 3.17. The minimum Gasteiger partial charge on any atom is -0.492 e. The van der Waals surface area contributed by atoms with Gasteiger partial charge in [0.25, 0.3) is 0 Å². The summed E-state index contributed by atoms with van der Waals surface area (Å²) in [5.74, 6) is 2.46. The summed E-state index contributed by atoms with van der Waals surface area (Å²) in [6, 6.07) is 8.78. The molecule has 0 saturated carbocycles. The zero-order valence-corrected chi connectivity index (χ0v) is 16.2. The number of hydrogen-bond donors (Lipinski definition) is 2. The van der Waals surface area contributed by atoms with Crippen molar-refractivity contribution >= 4 is 5.96 Å². The number of likely N-dealkylation sites (tertiary alicyclic amines) is 1. The predicted molar refractivity (Wildman–Crippen MR) is 105 cm³/mol. The van der Waals surface area contributed by atoms with E-state index in [1.807, 2.05) is 19.2 Å². The van der Waals surface area contributed by atoms with Crippen molar-refractivity contribution in [2.45, 2.75) is 39.7 Å². The van der Waals surface area contributed by atoms with Crippen LogP contribution in [0.5, 0.6) is 5.75 Å². The van der Waals surface area contributed by atoms with Gasteiger partial charge in [0.15, 0.2) is 5.96 Å². The van der Waals surface area contributed by atoms with Gasteiger partial charge in [-0.1, -0.05) is 17.7 Å². The molecule has 1 unspecified atom stereocenters. The molecular weight excluding hydrogens is 312 g/mol. The molecule has 1 aromatic rings. The summed E-state index contributed by atoms with van der Waals surface area (Å²) in [6.07, 6.45) is 2.59. The van der Waals surface area contributed by atoms with E-state index in [4.69, 9.17) is 4.74 Å². The van der Waals surface area contributed by atoms with Crippen molar-refractivity contribution in [2.24, 2.45) is 10.9 Å². The highest BCUT2D eigenvalue weighted by atomic mass is 16.5. The second-order valence-electron chi connectivity index (χ2n) is 7.14. The molecule has 5 nitrogen and oxygen atoms in total. The van der Waals surface area contributed by atoms with Gasteiger partial charge in [-0.25, -0.2) is 0 Å². The van der Waals surface area contributed by atoms with Gasteiger partial charge in [0.1, 0.15) is 12.4 Å². The third-order valence-corrected chi connectivity index (χ3v) is 4.75. The maximum atomic E-state index is 5.74. The average molecular weight is 347 g/mol. The van der Waals surface area contributed by atoms with Gasteiger partial charge in [-0.3, -0.25) is 4.99 Å². The number of benzene rings is 1. The van der Waals surface area contributed by atoms with Gasteiger partial charge in [-0.05, 0) is 58.2 Å². The summed E-state index contributed by atoms with van der Waals surface area (Å²) < 4.78 is 5.74. The smallest absolute Gasteiger partial charge is 0.191 e. The molecule has 1 aromatic carbocycles. The molecule has 25 heavy (non-hydrogen) atoms. The number of aliphatic imine (C=N–C) groups is 1. The summed E-state index contributed by atoms with van der Waals surface area (Å²) in [5.41, 5.74) is 1.24. The Bertz CT molecular complexity index is 527. The van der Waals surface area contributed by atoms with Gasteiger partial charge in [0.2, 0.25) is 0 Å². The molecule has 140 valence electrons. The van der Waals surface area contributed by atoms with Crippen molar-refractivity contribution in [1.29, 1.82) is 0 Å². The lowest BCUT2D eigenvalue weighted by Crippen LogP contribution is -2.46. The van der Waals surface area contributed by atoms with Crippen LogP contribution >= 0.6 is 0 Å². The lowest BCUT2D eigenvalue weighted by molar-refractivity contribution is 0.141. The average Bonchev–Trinajstić information content (AvgIpc) is 2.63. The lowest BCUT2D eigenvalue weighted by atomic mass is 9.97. The molecule has 0 aliphatic carbocycles. The first-order chi connectivity index (χ1) is 12.1. The second-order valence-corrected chi connectivity index (χ2v) is 7.14. The van der Waals surface area contributed by atoms with Gasteiger partial charge in [0, 0.05) is 26.2 Å². The predicted octanol–water partition coefficient (Wildman–Crippen LogP) is 2.66. The van der Waals surface area contributed by atoms with Gasteiger partial charge in [-0.2, -0.15) is 0 Å². The van der Waals surface area contributed by atoms with Crippen LogP contribution in [-0.4, -0.2) is 56.7 Å². The van der Waals surface area contributed by atoms with Crippen LogP contribution < -0.4 is 15.4 Å². The van der Waals surface area contributed by atoms with Gasteiger partial charge in [-0.15, -0.1) is 0 Å². The first-order valence-corrected chi connectivity index (χ1v) is 9.46. The quantitative estimate of drug-likeness (QED) is 0.453. The van der Waals surface area contributed by atoms with Crippen molar-refractivity contribution in [3.8, 4) is 5.75 Å². The van der Waals surface area contributed by atoms with Crippen LogP contribution in [0.2, 0.25) is 0 Å². The maximum absolute atomic E-state index is 5.74. The van der Waals surface area contributed by atoms with Crippen LogP contribution in [0.1, 0.15) is 32.3 Å². The van der Waals surface area contributed by atoms with E-state index in [1.54, 1.807) is 0 Å². The van der Waals surface area contributed by atoms with E-state index in [0.717, 1.165) is 24.8 Å². The lowest BCUT2D eigenvalue weighted by Gasteiger charge is -2.35. The number of nitrogens with one attached hydrogen (secondary N) is 2. The monoisotopic (exact) mass is 346 g/mol. The molecule has 0 radical (unpaired) electrons. The van der Waals surface area contributed by atoms with Crippen LogP contribution in [0.15, 0.2) is 29.3 Å². The van der Waals surface area contributed by atoms with Crippen LogP contribution in [0.25, 0.3) is 0 Å². The van der Waals surface area contributed by atoms with E-state index < -0.39 is 0 Å². The summed E-state index contributed by atoms with van der Waals surface area (Å²) in [4.78, 5) is 6.88. The Morgan fingerprint density at radius 1 is 1.28 bits per heavy atom. The van der Waals surface area contributed by atoms with Crippen LogP contribution in [0, 0.1) is 12.8 Å². The number of guanidine groups is 1. The Hall–Kier alpha value is -1.75. The maximum Gasteiger partial charge on any atom is 0.191 e.